The summed E-state index contributed by atoms with van der Waals surface area (Å²) in [7, 11) is 1.39. The lowest BCUT2D eigenvalue weighted by molar-refractivity contribution is 0.400. The molecule has 0 bridgehead atoms. The normalized spacial score (nSPS) is 11.1. The van der Waals surface area contributed by atoms with Gasteiger partial charge in [-0.05, 0) is 6.07 Å². The lowest BCUT2D eigenvalue weighted by Gasteiger charge is -2.19. The number of anilines is 2. The molecule has 1 rings (SSSR count). The second-order valence-corrected chi connectivity index (χ2v) is 5.74. The van der Waals surface area contributed by atoms with Crippen molar-refractivity contribution in [1.29, 1.82) is 0 Å². The maximum atomic E-state index is 11.5. The van der Waals surface area contributed by atoms with Gasteiger partial charge < -0.3 is 9.64 Å². The molecule has 6 nitrogen and oxygen atoms in total. The number of pyridine rings is 1. The third-order valence-electron chi connectivity index (χ3n) is 1.97. The van der Waals surface area contributed by atoms with E-state index in [0.29, 0.717) is 5.69 Å². The molecule has 1 heterocycles. The third-order valence-corrected chi connectivity index (χ3v) is 3.63. The number of halogens is 1. The predicted octanol–water partition coefficient (Wildman–Crippen LogP) is 1.09. The van der Waals surface area contributed by atoms with Crippen LogP contribution in [-0.4, -0.2) is 39.8 Å². The Labute approximate surface area is 106 Å². The van der Waals surface area contributed by atoms with Crippen molar-refractivity contribution in [2.45, 2.75) is 0 Å². The van der Waals surface area contributed by atoms with Crippen molar-refractivity contribution >= 4 is 33.0 Å². The number of methoxy groups -OCH3 is 1. The monoisotopic (exact) mass is 279 g/mol. The van der Waals surface area contributed by atoms with E-state index in [-0.39, 0.29) is 11.6 Å². The summed E-state index contributed by atoms with van der Waals surface area (Å²) < 4.78 is 30.3. The van der Waals surface area contributed by atoms with Crippen LogP contribution in [-0.2, 0) is 10.0 Å². The maximum Gasteiger partial charge on any atom is 0.247 e. The fourth-order valence-electron chi connectivity index (χ4n) is 1.24. The van der Waals surface area contributed by atoms with Crippen molar-refractivity contribution in [3.05, 3.63) is 12.3 Å². The highest BCUT2D eigenvalue weighted by atomic mass is 35.5. The Kier molecular flexibility index (Phi) is 4.41. The highest BCUT2D eigenvalue weighted by molar-refractivity contribution is 7.93. The van der Waals surface area contributed by atoms with Gasteiger partial charge in [0.1, 0.15) is 10.9 Å². The molecular formula is C9H14ClN3O3S. The Morgan fingerprint density at radius 1 is 1.53 bits per heavy atom. The number of nitrogens with one attached hydrogen (secondary N) is 1. The molecule has 96 valence electrons. The lowest BCUT2D eigenvalue weighted by Crippen LogP contribution is -2.18. The molecule has 0 aliphatic heterocycles. The van der Waals surface area contributed by atoms with Crippen molar-refractivity contribution < 1.29 is 13.2 Å². The van der Waals surface area contributed by atoms with Crippen molar-refractivity contribution in [2.75, 3.05) is 36.0 Å². The number of hydrogen-bond acceptors (Lipinski definition) is 5. The van der Waals surface area contributed by atoms with E-state index in [1.807, 2.05) is 0 Å². The number of alkyl halides is 1. The fraction of sp³-hybridized carbons (Fsp3) is 0.444. The van der Waals surface area contributed by atoms with Gasteiger partial charge in [-0.15, -0.1) is 11.6 Å². The van der Waals surface area contributed by atoms with Gasteiger partial charge in [-0.1, -0.05) is 0 Å². The van der Waals surface area contributed by atoms with Gasteiger partial charge in [-0.2, -0.15) is 0 Å². The Balaban J connectivity index is 3.28. The first kappa shape index (κ1) is 13.9. The van der Waals surface area contributed by atoms with Crippen LogP contribution in [0, 0.1) is 0 Å². The van der Waals surface area contributed by atoms with Gasteiger partial charge in [-0.25, -0.2) is 13.4 Å². The van der Waals surface area contributed by atoms with Gasteiger partial charge in [0.2, 0.25) is 15.9 Å². The minimum absolute atomic E-state index is 0.199. The SMILES string of the molecule is COc1nccc(N(C)C)c1NS(=O)(=O)CCl. The summed E-state index contributed by atoms with van der Waals surface area (Å²) in [6, 6.07) is 1.68. The van der Waals surface area contributed by atoms with Gasteiger partial charge in [0.15, 0.2) is 0 Å². The molecule has 0 saturated carbocycles. The molecule has 0 unspecified atom stereocenters. The molecule has 17 heavy (non-hydrogen) atoms. The highest BCUT2D eigenvalue weighted by Crippen LogP contribution is 2.32. The zero-order valence-corrected chi connectivity index (χ0v) is 11.3. The van der Waals surface area contributed by atoms with Crippen LogP contribution in [0.3, 0.4) is 0 Å². The van der Waals surface area contributed by atoms with E-state index >= 15 is 0 Å². The van der Waals surface area contributed by atoms with E-state index in [1.165, 1.54) is 13.3 Å². The number of ether oxygens (including phenoxy) is 1. The van der Waals surface area contributed by atoms with Crippen LogP contribution < -0.4 is 14.4 Å². The van der Waals surface area contributed by atoms with Gasteiger partial charge >= 0.3 is 0 Å². The van der Waals surface area contributed by atoms with E-state index in [4.69, 9.17) is 16.3 Å². The lowest BCUT2D eigenvalue weighted by atomic mass is 10.3. The topological polar surface area (TPSA) is 71.5 Å². The molecule has 1 aromatic heterocycles. The molecule has 1 N–H and O–H groups in total. The third kappa shape index (κ3) is 3.37. The Hall–Kier alpha value is -1.21. The van der Waals surface area contributed by atoms with Gasteiger partial charge in [0.25, 0.3) is 0 Å². The molecule has 0 fully saturated rings. The van der Waals surface area contributed by atoms with Gasteiger partial charge in [0.05, 0.1) is 12.8 Å². The summed E-state index contributed by atoms with van der Waals surface area (Å²) in [5, 5.41) is -0.530. The minimum Gasteiger partial charge on any atom is -0.479 e. The van der Waals surface area contributed by atoms with Crippen LogP contribution in [0.5, 0.6) is 5.88 Å². The second kappa shape index (κ2) is 5.42. The summed E-state index contributed by atoms with van der Waals surface area (Å²) in [6.07, 6.45) is 1.53. The van der Waals surface area contributed by atoms with E-state index < -0.39 is 15.2 Å². The van der Waals surface area contributed by atoms with Crippen LogP contribution in [0.15, 0.2) is 12.3 Å². The molecule has 0 saturated heterocycles. The van der Waals surface area contributed by atoms with E-state index in [9.17, 15) is 8.42 Å². The van der Waals surface area contributed by atoms with Crippen molar-refractivity contribution in [1.82, 2.24) is 4.98 Å². The van der Waals surface area contributed by atoms with E-state index in [1.54, 1.807) is 25.1 Å². The highest BCUT2D eigenvalue weighted by Gasteiger charge is 2.17. The van der Waals surface area contributed by atoms with Gasteiger partial charge in [0, 0.05) is 20.3 Å². The van der Waals surface area contributed by atoms with Crippen molar-refractivity contribution in [3.8, 4) is 5.88 Å². The zero-order valence-electron chi connectivity index (χ0n) is 9.77. The second-order valence-electron chi connectivity index (χ2n) is 3.43. The Bertz CT molecular complexity index is 490. The van der Waals surface area contributed by atoms with E-state index in [0.717, 1.165) is 0 Å². The summed E-state index contributed by atoms with van der Waals surface area (Å²) in [6.45, 7) is 0. The van der Waals surface area contributed by atoms with Crippen LogP contribution in [0.2, 0.25) is 0 Å². The first-order chi connectivity index (χ1) is 7.91. The molecule has 0 radical (unpaired) electrons. The molecule has 0 atom stereocenters. The quantitative estimate of drug-likeness (QED) is 0.817. The zero-order chi connectivity index (χ0) is 13.1. The number of nitrogens with zero attached hydrogens (tertiary/aromatic N) is 2. The van der Waals surface area contributed by atoms with Gasteiger partial charge in [-0.3, -0.25) is 4.72 Å². The van der Waals surface area contributed by atoms with Crippen LogP contribution in [0.1, 0.15) is 0 Å². The molecule has 8 heteroatoms. The average molecular weight is 280 g/mol. The number of rotatable bonds is 5. The van der Waals surface area contributed by atoms with Crippen LogP contribution >= 0.6 is 11.6 Å². The summed E-state index contributed by atoms with van der Waals surface area (Å²) in [5.74, 6) is 0.199. The summed E-state index contributed by atoms with van der Waals surface area (Å²) in [4.78, 5) is 5.69. The van der Waals surface area contributed by atoms with Crippen LogP contribution in [0.4, 0.5) is 11.4 Å². The molecule has 0 spiro atoms. The first-order valence-electron chi connectivity index (χ1n) is 4.68. The summed E-state index contributed by atoms with van der Waals surface area (Å²) in [5.41, 5.74) is 0.922. The standard InChI is InChI=1S/C9H14ClN3O3S/c1-13(2)7-4-5-11-9(16-3)8(7)12-17(14,15)6-10/h4-5,12H,6H2,1-3H3. The fourth-order valence-corrected chi connectivity index (χ4v) is 1.96. The molecule has 0 amide bonds. The first-order valence-corrected chi connectivity index (χ1v) is 6.86. The number of sulfonamides is 1. The van der Waals surface area contributed by atoms with Crippen LogP contribution in [0.25, 0.3) is 0 Å². The molecular weight excluding hydrogens is 266 g/mol. The number of aromatic nitrogens is 1. The Morgan fingerprint density at radius 3 is 2.65 bits per heavy atom. The number of hydrogen-bond donors (Lipinski definition) is 1. The molecule has 0 aliphatic carbocycles. The Morgan fingerprint density at radius 2 is 2.18 bits per heavy atom. The summed E-state index contributed by atoms with van der Waals surface area (Å²) >= 11 is 5.35. The molecule has 0 aliphatic rings. The van der Waals surface area contributed by atoms with E-state index in [2.05, 4.69) is 9.71 Å². The minimum atomic E-state index is -3.59. The average Bonchev–Trinajstić information content (AvgIpc) is 2.28. The maximum absolute atomic E-state index is 11.5. The van der Waals surface area contributed by atoms with Crippen molar-refractivity contribution in [2.24, 2.45) is 0 Å². The predicted molar refractivity (Wildman–Crippen MR) is 68.4 cm³/mol. The molecule has 1 aromatic rings. The smallest absolute Gasteiger partial charge is 0.247 e. The molecule has 0 aromatic carbocycles. The van der Waals surface area contributed by atoms with Crippen molar-refractivity contribution in [3.63, 3.8) is 0 Å². The largest absolute Gasteiger partial charge is 0.479 e.